The summed E-state index contributed by atoms with van der Waals surface area (Å²) in [5, 5.41) is 17.3. The molecule has 0 bridgehead atoms. The summed E-state index contributed by atoms with van der Waals surface area (Å²) in [5.74, 6) is -3.22. The minimum Gasteiger partial charge on any atom is -0.481 e. The van der Waals surface area contributed by atoms with E-state index >= 15 is 0 Å². The average molecular weight is 320 g/mol. The summed E-state index contributed by atoms with van der Waals surface area (Å²) in [4.78, 5) is 56.7. The molecular weight excluding hydrogens is 306 g/mol. The van der Waals surface area contributed by atoms with Gasteiger partial charge in [-0.3, -0.25) is 18.7 Å². The first-order valence-corrected chi connectivity index (χ1v) is 8.37. The number of carboxylic acid groups (broad SMARTS) is 2. The molecule has 0 atom stereocenters. The van der Waals surface area contributed by atoms with Crippen molar-refractivity contribution in [2.24, 2.45) is 5.41 Å². The average Bonchev–Trinajstić information content (AvgIpc) is 1.89. The largest absolute Gasteiger partial charge is 0.481 e. The monoisotopic (exact) mass is 320 g/mol. The lowest BCUT2D eigenvalue weighted by atomic mass is 9.85. The fraction of sp³-hybridized carbons (Fsp3) is 0.714. The fourth-order valence-electron chi connectivity index (χ4n) is 1.85. The number of hydrogen-bond donors (Lipinski definition) is 6. The normalized spacial score (nSPS) is 13.3. The molecule has 0 aliphatic rings. The summed E-state index contributed by atoms with van der Waals surface area (Å²) in [7, 11) is -9.71. The van der Waals surface area contributed by atoms with Crippen LogP contribution < -0.4 is 0 Å². The van der Waals surface area contributed by atoms with Crippen molar-refractivity contribution in [1.29, 1.82) is 0 Å². The van der Waals surface area contributed by atoms with Gasteiger partial charge in [0.15, 0.2) is 0 Å². The summed E-state index contributed by atoms with van der Waals surface area (Å²) in [5.41, 5.74) is -2.21. The molecule has 0 fully saturated rings. The molecule has 0 amide bonds. The van der Waals surface area contributed by atoms with Gasteiger partial charge in [0.1, 0.15) is 0 Å². The Balaban J connectivity index is 5.55. The van der Waals surface area contributed by atoms with Crippen LogP contribution in [0.3, 0.4) is 0 Å². The predicted octanol–water partition coefficient (Wildman–Crippen LogP) is -0.722. The van der Waals surface area contributed by atoms with Gasteiger partial charge in [0, 0.05) is 5.41 Å². The van der Waals surface area contributed by atoms with Gasteiger partial charge in [-0.2, -0.15) is 0 Å². The van der Waals surface area contributed by atoms with Gasteiger partial charge in [0.2, 0.25) is 0 Å². The number of hydrogen-bond acceptors (Lipinski definition) is 4. The Morgan fingerprint density at radius 1 is 0.789 bits per heavy atom. The van der Waals surface area contributed by atoms with Crippen LogP contribution in [-0.2, 0) is 18.7 Å². The molecule has 0 rings (SSSR count). The van der Waals surface area contributed by atoms with Gasteiger partial charge < -0.3 is 29.8 Å². The molecule has 0 aromatic heterocycles. The van der Waals surface area contributed by atoms with Gasteiger partial charge in [-0.05, 0) is 0 Å². The molecule has 0 aliphatic heterocycles. The lowest BCUT2D eigenvalue weighted by molar-refractivity contribution is -0.142. The third-order valence-electron chi connectivity index (χ3n) is 2.14. The van der Waals surface area contributed by atoms with E-state index < -0.39 is 57.7 Å². The van der Waals surface area contributed by atoms with Crippen molar-refractivity contribution in [1.82, 2.24) is 0 Å². The van der Waals surface area contributed by atoms with Crippen molar-refractivity contribution < 1.29 is 48.5 Å². The molecule has 0 spiro atoms. The van der Waals surface area contributed by atoms with E-state index in [0.29, 0.717) is 0 Å². The number of aliphatic carboxylic acids is 2. The molecule has 112 valence electrons. The van der Waals surface area contributed by atoms with E-state index in [-0.39, 0.29) is 0 Å². The Kier molecular flexibility index (Phi) is 5.88. The predicted molar refractivity (Wildman–Crippen MR) is 60.8 cm³/mol. The Bertz CT molecular complexity index is 403. The van der Waals surface area contributed by atoms with Crippen LogP contribution in [0.2, 0.25) is 0 Å². The van der Waals surface area contributed by atoms with Gasteiger partial charge >= 0.3 is 27.1 Å². The molecule has 0 aromatic carbocycles. The zero-order valence-electron chi connectivity index (χ0n) is 9.54. The fourth-order valence-corrected chi connectivity index (χ4v) is 4.45. The summed E-state index contributed by atoms with van der Waals surface area (Å²) in [6, 6.07) is 0. The van der Waals surface area contributed by atoms with Crippen LogP contribution >= 0.6 is 15.2 Å². The quantitative estimate of drug-likeness (QED) is 0.311. The molecule has 0 radical (unpaired) electrons. The van der Waals surface area contributed by atoms with Crippen molar-refractivity contribution in [3.63, 3.8) is 0 Å². The zero-order valence-corrected chi connectivity index (χ0v) is 11.3. The van der Waals surface area contributed by atoms with Crippen LogP contribution in [0.1, 0.15) is 12.8 Å². The van der Waals surface area contributed by atoms with E-state index in [1.54, 1.807) is 0 Å². The molecule has 19 heavy (non-hydrogen) atoms. The van der Waals surface area contributed by atoms with Gasteiger partial charge in [-0.1, -0.05) is 0 Å². The maximum Gasteiger partial charge on any atom is 0.326 e. The van der Waals surface area contributed by atoms with Gasteiger partial charge in [-0.25, -0.2) is 0 Å². The molecule has 0 saturated carbocycles. The minimum atomic E-state index is -4.86. The lowest BCUT2D eigenvalue weighted by Crippen LogP contribution is -2.35. The van der Waals surface area contributed by atoms with E-state index in [4.69, 9.17) is 29.8 Å². The summed E-state index contributed by atoms with van der Waals surface area (Å²) in [6.07, 6.45) is -4.61. The van der Waals surface area contributed by atoms with Crippen molar-refractivity contribution in [2.75, 3.05) is 12.3 Å². The highest BCUT2D eigenvalue weighted by atomic mass is 31.2. The summed E-state index contributed by atoms with van der Waals surface area (Å²) in [6.45, 7) is 0. The second-order valence-electron chi connectivity index (χ2n) is 4.29. The summed E-state index contributed by atoms with van der Waals surface area (Å²) < 4.78 is 21.9. The molecule has 12 heteroatoms. The third-order valence-corrected chi connectivity index (χ3v) is 4.30. The highest BCUT2D eigenvalue weighted by Gasteiger charge is 2.45. The van der Waals surface area contributed by atoms with Crippen LogP contribution in [0.15, 0.2) is 0 Å². The Hall–Kier alpha value is -0.760. The SMILES string of the molecule is O=C(O)CC(CC(=O)O)(CP(=O)(O)O)CP(=O)(O)O. The van der Waals surface area contributed by atoms with Crippen LogP contribution in [0.4, 0.5) is 0 Å². The first-order chi connectivity index (χ1) is 8.25. The van der Waals surface area contributed by atoms with Crippen LogP contribution in [0.25, 0.3) is 0 Å². The van der Waals surface area contributed by atoms with Crippen LogP contribution in [-0.4, -0.2) is 54.0 Å². The van der Waals surface area contributed by atoms with E-state index in [9.17, 15) is 18.7 Å². The van der Waals surface area contributed by atoms with Crippen molar-refractivity contribution in [3.8, 4) is 0 Å². The third kappa shape index (κ3) is 8.88. The van der Waals surface area contributed by atoms with Crippen molar-refractivity contribution in [3.05, 3.63) is 0 Å². The highest BCUT2D eigenvalue weighted by molar-refractivity contribution is 7.53. The van der Waals surface area contributed by atoms with Crippen LogP contribution in [0, 0.1) is 5.41 Å². The van der Waals surface area contributed by atoms with Gasteiger partial charge in [0.25, 0.3) is 0 Å². The maximum absolute atomic E-state index is 11.0. The number of carboxylic acids is 2. The van der Waals surface area contributed by atoms with Crippen molar-refractivity contribution in [2.45, 2.75) is 12.8 Å². The first kappa shape index (κ1) is 18.2. The first-order valence-electron chi connectivity index (χ1n) is 4.77. The highest BCUT2D eigenvalue weighted by Crippen LogP contribution is 2.52. The van der Waals surface area contributed by atoms with Crippen molar-refractivity contribution >= 4 is 27.1 Å². The molecule has 0 saturated heterocycles. The molecule has 0 aliphatic carbocycles. The van der Waals surface area contributed by atoms with Gasteiger partial charge in [0.05, 0.1) is 25.2 Å². The Labute approximate surface area is 107 Å². The van der Waals surface area contributed by atoms with Crippen LogP contribution in [0.5, 0.6) is 0 Å². The standard InChI is InChI=1S/C7H14O10P2/c8-5(9)1-7(2-6(10)11,3-18(12,13)14)4-19(15,16)17/h1-4H2,(H,8,9)(H,10,11)(H2,12,13,14)(H2,15,16,17). The molecular formula is C7H14O10P2. The zero-order chi connectivity index (χ0) is 15.5. The number of carbonyl (C=O) groups is 2. The number of rotatable bonds is 8. The van der Waals surface area contributed by atoms with E-state index in [2.05, 4.69) is 0 Å². The smallest absolute Gasteiger partial charge is 0.326 e. The summed E-state index contributed by atoms with van der Waals surface area (Å²) >= 11 is 0. The van der Waals surface area contributed by atoms with E-state index in [1.807, 2.05) is 0 Å². The Morgan fingerprint density at radius 3 is 1.21 bits per heavy atom. The van der Waals surface area contributed by atoms with E-state index in [1.165, 1.54) is 0 Å². The Morgan fingerprint density at radius 2 is 1.05 bits per heavy atom. The van der Waals surface area contributed by atoms with E-state index in [0.717, 1.165) is 0 Å². The second kappa shape index (κ2) is 6.13. The lowest BCUT2D eigenvalue weighted by Gasteiger charge is -2.31. The topological polar surface area (TPSA) is 190 Å². The van der Waals surface area contributed by atoms with Gasteiger partial charge in [-0.15, -0.1) is 0 Å². The maximum atomic E-state index is 11.0. The molecule has 10 nitrogen and oxygen atoms in total. The molecule has 6 N–H and O–H groups in total. The molecule has 0 heterocycles. The molecule has 0 aromatic rings. The molecule has 0 unspecified atom stereocenters. The second-order valence-corrected chi connectivity index (χ2v) is 7.58. The minimum absolute atomic E-state index is 1.07.